The van der Waals surface area contributed by atoms with E-state index in [1.807, 2.05) is 6.92 Å². The number of likely N-dealkylation sites (tertiary alicyclic amines) is 1. The van der Waals surface area contributed by atoms with E-state index in [9.17, 15) is 13.6 Å². The Morgan fingerprint density at radius 2 is 1.72 bits per heavy atom. The lowest BCUT2D eigenvalue weighted by Gasteiger charge is -2.37. The van der Waals surface area contributed by atoms with Crippen LogP contribution < -0.4 is 5.32 Å². The molecule has 0 aromatic rings. The summed E-state index contributed by atoms with van der Waals surface area (Å²) in [6.45, 7) is 5.70. The van der Waals surface area contributed by atoms with Crippen LogP contribution in [0.1, 0.15) is 19.8 Å². The Balaban J connectivity index is 1.87. The normalized spacial score (nSPS) is 26.9. The highest BCUT2D eigenvalue weighted by Gasteiger charge is 2.37. The number of alkyl halides is 2. The van der Waals surface area contributed by atoms with Crippen LogP contribution in [0.15, 0.2) is 0 Å². The molecular weight excluding hydrogens is 240 g/mol. The van der Waals surface area contributed by atoms with Gasteiger partial charge in [0.15, 0.2) is 0 Å². The Morgan fingerprint density at radius 1 is 1.17 bits per heavy atom. The number of amides is 1. The van der Waals surface area contributed by atoms with Crippen molar-refractivity contribution in [1.29, 1.82) is 0 Å². The van der Waals surface area contributed by atoms with Gasteiger partial charge in [0.2, 0.25) is 5.91 Å². The molecule has 2 heterocycles. The van der Waals surface area contributed by atoms with Gasteiger partial charge in [0.05, 0.1) is 6.04 Å². The summed E-state index contributed by atoms with van der Waals surface area (Å²) in [5, 5.41) is 3.23. The fraction of sp³-hybridized carbons (Fsp3) is 0.917. The SMILES string of the molecule is CC(C(=O)N1CCC(F)(F)CC1)N1CCNCC1. The molecule has 2 saturated heterocycles. The van der Waals surface area contributed by atoms with Crippen molar-refractivity contribution >= 4 is 5.91 Å². The molecule has 1 N–H and O–H groups in total. The van der Waals surface area contributed by atoms with E-state index in [1.54, 1.807) is 4.90 Å². The van der Waals surface area contributed by atoms with E-state index in [1.165, 1.54) is 0 Å². The number of hydrogen-bond donors (Lipinski definition) is 1. The number of carbonyl (C=O) groups excluding carboxylic acids is 1. The molecule has 0 radical (unpaired) electrons. The fourth-order valence-electron chi connectivity index (χ4n) is 2.54. The fourth-order valence-corrected chi connectivity index (χ4v) is 2.54. The molecule has 2 rings (SSSR count). The lowest BCUT2D eigenvalue weighted by molar-refractivity contribution is -0.142. The minimum Gasteiger partial charge on any atom is -0.341 e. The first-order chi connectivity index (χ1) is 8.49. The van der Waals surface area contributed by atoms with Crippen molar-refractivity contribution < 1.29 is 13.6 Å². The molecular formula is C12H21F2N3O. The van der Waals surface area contributed by atoms with Crippen LogP contribution in [0.25, 0.3) is 0 Å². The van der Waals surface area contributed by atoms with Gasteiger partial charge in [-0.15, -0.1) is 0 Å². The quantitative estimate of drug-likeness (QED) is 0.788. The predicted molar refractivity (Wildman–Crippen MR) is 64.7 cm³/mol. The third kappa shape index (κ3) is 3.17. The summed E-state index contributed by atoms with van der Waals surface area (Å²) in [5.41, 5.74) is 0. The minimum atomic E-state index is -2.59. The van der Waals surface area contributed by atoms with Crippen LogP contribution in [0.4, 0.5) is 8.78 Å². The Bertz CT molecular complexity index is 296. The number of piperazine rings is 1. The lowest BCUT2D eigenvalue weighted by atomic mass is 10.1. The monoisotopic (exact) mass is 261 g/mol. The highest BCUT2D eigenvalue weighted by Crippen LogP contribution is 2.28. The smallest absolute Gasteiger partial charge is 0.251 e. The first-order valence-corrected chi connectivity index (χ1v) is 6.61. The van der Waals surface area contributed by atoms with Crippen LogP contribution in [-0.2, 0) is 4.79 Å². The second-order valence-corrected chi connectivity index (χ2v) is 5.14. The topological polar surface area (TPSA) is 35.6 Å². The number of hydrogen-bond acceptors (Lipinski definition) is 3. The Labute approximate surface area is 106 Å². The summed E-state index contributed by atoms with van der Waals surface area (Å²) >= 11 is 0. The summed E-state index contributed by atoms with van der Waals surface area (Å²) in [5.74, 6) is -2.60. The van der Waals surface area contributed by atoms with E-state index < -0.39 is 5.92 Å². The lowest BCUT2D eigenvalue weighted by Crippen LogP contribution is -2.55. The molecule has 1 atom stereocenters. The van der Waals surface area contributed by atoms with Crippen LogP contribution in [0.2, 0.25) is 0 Å². The highest BCUT2D eigenvalue weighted by atomic mass is 19.3. The van der Waals surface area contributed by atoms with Crippen molar-refractivity contribution in [3.63, 3.8) is 0 Å². The van der Waals surface area contributed by atoms with Crippen LogP contribution >= 0.6 is 0 Å². The predicted octanol–water partition coefficient (Wildman–Crippen LogP) is 0.538. The van der Waals surface area contributed by atoms with Gasteiger partial charge in [-0.3, -0.25) is 9.69 Å². The molecule has 0 saturated carbocycles. The zero-order valence-corrected chi connectivity index (χ0v) is 10.8. The average molecular weight is 261 g/mol. The number of nitrogens with zero attached hydrogens (tertiary/aromatic N) is 2. The van der Waals surface area contributed by atoms with E-state index in [4.69, 9.17) is 0 Å². The first kappa shape index (κ1) is 13.7. The van der Waals surface area contributed by atoms with E-state index >= 15 is 0 Å². The number of piperidine rings is 1. The molecule has 18 heavy (non-hydrogen) atoms. The summed E-state index contributed by atoms with van der Waals surface area (Å²) in [7, 11) is 0. The molecule has 2 fully saturated rings. The van der Waals surface area contributed by atoms with Crippen LogP contribution in [0.5, 0.6) is 0 Å². The highest BCUT2D eigenvalue weighted by molar-refractivity contribution is 5.81. The molecule has 6 heteroatoms. The van der Waals surface area contributed by atoms with E-state index in [2.05, 4.69) is 10.2 Å². The number of halogens is 2. The summed E-state index contributed by atoms with van der Waals surface area (Å²) in [4.78, 5) is 15.9. The maximum absolute atomic E-state index is 13.0. The second-order valence-electron chi connectivity index (χ2n) is 5.14. The molecule has 0 spiro atoms. The van der Waals surface area contributed by atoms with Crippen molar-refractivity contribution in [2.75, 3.05) is 39.3 Å². The standard InChI is InChI=1S/C12H21F2N3O/c1-10(16-8-4-15-5-9-16)11(18)17-6-2-12(13,14)3-7-17/h10,15H,2-9H2,1H3. The van der Waals surface area contributed by atoms with Crippen LogP contribution in [0, 0.1) is 0 Å². The summed E-state index contributed by atoms with van der Waals surface area (Å²) in [6, 6.07) is -0.196. The van der Waals surface area contributed by atoms with Crippen molar-refractivity contribution in [2.45, 2.75) is 31.7 Å². The van der Waals surface area contributed by atoms with Gasteiger partial charge in [-0.25, -0.2) is 8.78 Å². The molecule has 1 unspecified atom stereocenters. The van der Waals surface area contributed by atoms with Gasteiger partial charge >= 0.3 is 0 Å². The largest absolute Gasteiger partial charge is 0.341 e. The summed E-state index contributed by atoms with van der Waals surface area (Å²) in [6.07, 6.45) is -0.403. The molecule has 1 amide bonds. The van der Waals surface area contributed by atoms with Gasteiger partial charge in [-0.05, 0) is 6.92 Å². The van der Waals surface area contributed by atoms with Gasteiger partial charge in [-0.1, -0.05) is 0 Å². The first-order valence-electron chi connectivity index (χ1n) is 6.61. The third-order valence-electron chi connectivity index (χ3n) is 3.86. The number of nitrogens with one attached hydrogen (secondary N) is 1. The van der Waals surface area contributed by atoms with Crippen molar-refractivity contribution in [2.24, 2.45) is 0 Å². The van der Waals surface area contributed by atoms with Crippen LogP contribution in [0.3, 0.4) is 0 Å². The van der Waals surface area contributed by atoms with Gasteiger partial charge < -0.3 is 10.2 Å². The number of rotatable bonds is 2. The molecule has 0 aromatic heterocycles. The zero-order valence-electron chi connectivity index (χ0n) is 10.8. The van der Waals surface area contributed by atoms with Gasteiger partial charge in [0, 0.05) is 52.1 Å². The Morgan fingerprint density at radius 3 is 2.28 bits per heavy atom. The van der Waals surface area contributed by atoms with Crippen molar-refractivity contribution in [1.82, 2.24) is 15.1 Å². The second kappa shape index (κ2) is 5.48. The molecule has 0 bridgehead atoms. The van der Waals surface area contributed by atoms with Gasteiger partial charge in [-0.2, -0.15) is 0 Å². The Kier molecular flexibility index (Phi) is 4.17. The molecule has 0 aromatic carbocycles. The zero-order chi connectivity index (χ0) is 13.2. The third-order valence-corrected chi connectivity index (χ3v) is 3.86. The van der Waals surface area contributed by atoms with Gasteiger partial charge in [0.25, 0.3) is 5.92 Å². The maximum Gasteiger partial charge on any atom is 0.251 e. The molecule has 4 nitrogen and oxygen atoms in total. The molecule has 2 aliphatic rings. The van der Waals surface area contributed by atoms with E-state index in [0.717, 1.165) is 26.2 Å². The van der Waals surface area contributed by atoms with Crippen LogP contribution in [-0.4, -0.2) is 66.9 Å². The maximum atomic E-state index is 13.0. The molecule has 104 valence electrons. The molecule has 0 aliphatic carbocycles. The van der Waals surface area contributed by atoms with Crippen molar-refractivity contribution in [3.8, 4) is 0 Å². The van der Waals surface area contributed by atoms with E-state index in [-0.39, 0.29) is 37.9 Å². The minimum absolute atomic E-state index is 0.00704. The molecule has 2 aliphatic heterocycles. The van der Waals surface area contributed by atoms with Crippen molar-refractivity contribution in [3.05, 3.63) is 0 Å². The van der Waals surface area contributed by atoms with E-state index in [0.29, 0.717) is 0 Å². The summed E-state index contributed by atoms with van der Waals surface area (Å²) < 4.78 is 26.1. The Hall–Kier alpha value is -0.750. The average Bonchev–Trinajstić information content (AvgIpc) is 2.38. The number of carbonyl (C=O) groups is 1. The van der Waals surface area contributed by atoms with Gasteiger partial charge in [0.1, 0.15) is 0 Å².